The molecular weight excluding hydrogens is 219 g/mol. The van der Waals surface area contributed by atoms with Gasteiger partial charge in [0.15, 0.2) is 5.78 Å². The number of nitrogens with zero attached hydrogens (tertiary/aromatic N) is 1. The van der Waals surface area contributed by atoms with Crippen molar-refractivity contribution in [3.8, 4) is 6.07 Å². The molecule has 0 radical (unpaired) electrons. The van der Waals surface area contributed by atoms with Crippen molar-refractivity contribution in [3.63, 3.8) is 0 Å². The first-order valence-electron chi connectivity index (χ1n) is 5.35. The zero-order valence-corrected chi connectivity index (χ0v) is 11.0. The van der Waals surface area contributed by atoms with Crippen LogP contribution >= 0.6 is 0 Å². The highest BCUT2D eigenvalue weighted by Crippen LogP contribution is 2.09. The Kier molecular flexibility index (Phi) is 11.2. The van der Waals surface area contributed by atoms with Crippen LogP contribution in [0.2, 0.25) is 0 Å². The maximum Gasteiger partial charge on any atom is 0.159 e. The van der Waals surface area contributed by atoms with Crippen molar-refractivity contribution in [3.05, 3.63) is 35.1 Å². The van der Waals surface area contributed by atoms with Crippen LogP contribution in [0.1, 0.15) is 36.7 Å². The molecule has 0 saturated heterocycles. The van der Waals surface area contributed by atoms with Gasteiger partial charge in [-0.15, -0.1) is 0 Å². The van der Waals surface area contributed by atoms with Gasteiger partial charge in [-0.1, -0.05) is 13.8 Å². The van der Waals surface area contributed by atoms with E-state index in [2.05, 4.69) is 5.32 Å². The number of Topliss-reactive ketones (excluding diaryl/α,β-unsaturated/α-hetero) is 1. The molecule has 0 fully saturated rings. The topological polar surface area (TPSA) is 52.9 Å². The Labute approximate surface area is 102 Å². The second-order valence-corrected chi connectivity index (χ2v) is 2.86. The molecule has 1 rings (SSSR count). The predicted molar refractivity (Wildman–Crippen MR) is 67.5 cm³/mol. The number of carbonyl (C=O) groups excluding carboxylic acids is 1. The molecule has 0 spiro atoms. The number of ketones is 1. The number of benzene rings is 1. The molecule has 94 valence electrons. The van der Waals surface area contributed by atoms with Crippen LogP contribution in [0.15, 0.2) is 18.2 Å². The molecule has 1 aromatic carbocycles. The third-order valence-corrected chi connectivity index (χ3v) is 1.50. The molecule has 0 atom stereocenters. The molecule has 0 heterocycles. The average molecular weight is 238 g/mol. The summed E-state index contributed by atoms with van der Waals surface area (Å²) >= 11 is 0. The predicted octanol–water partition coefficient (Wildman–Crippen LogP) is 2.76. The molecule has 17 heavy (non-hydrogen) atoms. The van der Waals surface area contributed by atoms with E-state index in [1.54, 1.807) is 6.07 Å². The number of hydrogen-bond acceptors (Lipinski definition) is 3. The summed E-state index contributed by atoms with van der Waals surface area (Å²) in [6.45, 7) is 5.35. The number of carbonyl (C=O) groups is 1. The van der Waals surface area contributed by atoms with Crippen LogP contribution in [0.3, 0.4) is 0 Å². The molecule has 0 aliphatic carbocycles. The molecule has 0 unspecified atom stereocenters. The molecule has 1 N–H and O–H groups in total. The summed E-state index contributed by atoms with van der Waals surface area (Å²) in [6.07, 6.45) is 0. The van der Waals surface area contributed by atoms with Gasteiger partial charge in [-0.3, -0.25) is 4.79 Å². The van der Waals surface area contributed by atoms with Crippen LogP contribution in [0.25, 0.3) is 0 Å². The van der Waals surface area contributed by atoms with E-state index in [1.807, 2.05) is 27.9 Å². The van der Waals surface area contributed by atoms with Crippen molar-refractivity contribution in [2.45, 2.75) is 20.8 Å². The summed E-state index contributed by atoms with van der Waals surface area (Å²) in [4.78, 5) is 10.7. The average Bonchev–Trinajstić information content (AvgIpc) is 2.32. The number of rotatable bonds is 1. The monoisotopic (exact) mass is 238 g/mol. The minimum Gasteiger partial charge on any atom is -0.323 e. The summed E-state index contributed by atoms with van der Waals surface area (Å²) < 4.78 is 12.8. The fourth-order valence-corrected chi connectivity index (χ4v) is 0.825. The van der Waals surface area contributed by atoms with Gasteiger partial charge in [0.1, 0.15) is 11.9 Å². The molecule has 4 heteroatoms. The van der Waals surface area contributed by atoms with Crippen molar-refractivity contribution >= 4 is 5.78 Å². The first-order valence-corrected chi connectivity index (χ1v) is 5.35. The lowest BCUT2D eigenvalue weighted by Gasteiger charge is -1.95. The molecule has 3 nitrogen and oxygen atoms in total. The first-order chi connectivity index (χ1) is 8.06. The van der Waals surface area contributed by atoms with E-state index < -0.39 is 5.82 Å². The summed E-state index contributed by atoms with van der Waals surface area (Å²) in [5.74, 6) is -0.858. The van der Waals surface area contributed by atoms with E-state index in [-0.39, 0.29) is 16.9 Å². The van der Waals surface area contributed by atoms with Crippen molar-refractivity contribution in [2.24, 2.45) is 0 Å². The van der Waals surface area contributed by atoms with Crippen LogP contribution < -0.4 is 5.32 Å². The van der Waals surface area contributed by atoms with Gasteiger partial charge in [-0.05, 0) is 39.2 Å². The molecule has 0 aliphatic heterocycles. The fourth-order valence-electron chi connectivity index (χ4n) is 0.825. The molecule has 1 aromatic rings. The van der Waals surface area contributed by atoms with Gasteiger partial charge in [0.2, 0.25) is 0 Å². The third kappa shape index (κ3) is 7.20. The Balaban J connectivity index is 0. The number of nitrogens with one attached hydrogen (secondary N) is 1. The molecule has 0 aromatic heterocycles. The maximum absolute atomic E-state index is 12.8. The van der Waals surface area contributed by atoms with Crippen LogP contribution in [-0.4, -0.2) is 19.9 Å². The summed E-state index contributed by atoms with van der Waals surface area (Å²) in [7, 11) is 3.75. The van der Waals surface area contributed by atoms with E-state index in [0.29, 0.717) is 0 Å². The minimum absolute atomic E-state index is 0.0417. The standard InChI is InChI=1S/C9H6FNO.C2H7N.C2H6/c1-6(12)7-2-3-8(5-11)9(10)4-7;1-3-2;1-2/h2-4H,1H3;3H,1-2H3;1-2H3. The van der Waals surface area contributed by atoms with E-state index in [4.69, 9.17) is 5.26 Å². The van der Waals surface area contributed by atoms with E-state index in [0.717, 1.165) is 6.07 Å². The van der Waals surface area contributed by atoms with Crippen LogP contribution in [-0.2, 0) is 0 Å². The molecule has 0 saturated carbocycles. The Hall–Kier alpha value is -1.73. The van der Waals surface area contributed by atoms with Crippen LogP contribution in [0, 0.1) is 17.1 Å². The molecule has 0 bridgehead atoms. The maximum atomic E-state index is 12.8. The van der Waals surface area contributed by atoms with E-state index in [9.17, 15) is 9.18 Å². The van der Waals surface area contributed by atoms with Crippen molar-refractivity contribution < 1.29 is 9.18 Å². The number of hydrogen-bond donors (Lipinski definition) is 1. The zero-order valence-electron chi connectivity index (χ0n) is 11.0. The number of nitriles is 1. The highest BCUT2D eigenvalue weighted by molar-refractivity contribution is 5.94. The summed E-state index contributed by atoms with van der Waals surface area (Å²) in [6, 6.07) is 5.48. The van der Waals surface area contributed by atoms with E-state index >= 15 is 0 Å². The van der Waals surface area contributed by atoms with Gasteiger partial charge < -0.3 is 5.32 Å². The normalized spacial score (nSPS) is 7.82. The summed E-state index contributed by atoms with van der Waals surface area (Å²) in [5, 5.41) is 11.1. The molecular formula is C13H19FN2O. The van der Waals surface area contributed by atoms with Crippen molar-refractivity contribution in [1.29, 1.82) is 5.26 Å². The fraction of sp³-hybridized carbons (Fsp3) is 0.385. The Morgan fingerprint density at radius 1 is 1.35 bits per heavy atom. The zero-order chi connectivity index (χ0) is 13.8. The Bertz CT molecular complexity index is 383. The van der Waals surface area contributed by atoms with E-state index in [1.165, 1.54) is 19.1 Å². The molecule has 0 aliphatic rings. The van der Waals surface area contributed by atoms with Gasteiger partial charge in [0.25, 0.3) is 0 Å². The number of halogens is 1. The highest BCUT2D eigenvalue weighted by atomic mass is 19.1. The lowest BCUT2D eigenvalue weighted by molar-refractivity contribution is 0.101. The first kappa shape index (κ1) is 17.7. The second-order valence-electron chi connectivity index (χ2n) is 2.86. The van der Waals surface area contributed by atoms with Gasteiger partial charge in [0.05, 0.1) is 5.56 Å². The van der Waals surface area contributed by atoms with Crippen LogP contribution in [0.5, 0.6) is 0 Å². The van der Waals surface area contributed by atoms with Crippen LogP contribution in [0.4, 0.5) is 4.39 Å². The lowest BCUT2D eigenvalue weighted by atomic mass is 10.1. The van der Waals surface area contributed by atoms with Gasteiger partial charge in [-0.25, -0.2) is 4.39 Å². The summed E-state index contributed by atoms with van der Waals surface area (Å²) in [5.41, 5.74) is 0.242. The van der Waals surface area contributed by atoms with Gasteiger partial charge in [0, 0.05) is 5.56 Å². The Morgan fingerprint density at radius 3 is 2.12 bits per heavy atom. The smallest absolute Gasteiger partial charge is 0.159 e. The van der Waals surface area contributed by atoms with Gasteiger partial charge in [-0.2, -0.15) is 5.26 Å². The third-order valence-electron chi connectivity index (χ3n) is 1.50. The SMILES string of the molecule is CC.CC(=O)c1ccc(C#N)c(F)c1.CNC. The van der Waals surface area contributed by atoms with Gasteiger partial charge >= 0.3 is 0 Å². The van der Waals surface area contributed by atoms with Crippen molar-refractivity contribution in [1.82, 2.24) is 5.32 Å². The Morgan fingerprint density at radius 2 is 1.82 bits per heavy atom. The highest BCUT2D eigenvalue weighted by Gasteiger charge is 2.04. The largest absolute Gasteiger partial charge is 0.323 e. The lowest BCUT2D eigenvalue weighted by Crippen LogP contribution is -1.94. The second kappa shape index (κ2) is 10.8. The molecule has 0 amide bonds. The quantitative estimate of drug-likeness (QED) is 0.765. The van der Waals surface area contributed by atoms with Crippen molar-refractivity contribution in [2.75, 3.05) is 14.1 Å². The minimum atomic E-state index is -0.648.